The molecule has 0 saturated heterocycles. The topological polar surface area (TPSA) is 49.4 Å². The Hall–Kier alpha value is -0.430. The molecule has 1 aromatic rings. The van der Waals surface area contributed by atoms with Crippen molar-refractivity contribution in [1.29, 1.82) is 0 Å². The third-order valence-electron chi connectivity index (χ3n) is 3.08. The van der Waals surface area contributed by atoms with Gasteiger partial charge in [-0.15, -0.1) is 11.3 Å². The number of nitrogens with one attached hydrogen (secondary N) is 1. The molecule has 0 aliphatic carbocycles. The number of nitrogens with zero attached hydrogens (tertiary/aromatic N) is 1. The highest BCUT2D eigenvalue weighted by atomic mass is 32.2. The largest absolute Gasteiger partial charge is 0.310 e. The van der Waals surface area contributed by atoms with Gasteiger partial charge in [0.15, 0.2) is 0 Å². The van der Waals surface area contributed by atoms with Gasteiger partial charge in [-0.3, -0.25) is 0 Å². The van der Waals surface area contributed by atoms with Crippen LogP contribution in [0.1, 0.15) is 39.0 Å². The van der Waals surface area contributed by atoms with E-state index in [1.807, 2.05) is 5.38 Å². The highest BCUT2D eigenvalue weighted by molar-refractivity contribution is 7.89. The van der Waals surface area contributed by atoms with Crippen LogP contribution in [0.15, 0.2) is 16.3 Å². The summed E-state index contributed by atoms with van der Waals surface area (Å²) in [4.78, 5) is 1.33. The Morgan fingerprint density at radius 1 is 1.30 bits per heavy atom. The summed E-state index contributed by atoms with van der Waals surface area (Å²) in [5, 5.41) is 5.12. The Morgan fingerprint density at radius 3 is 2.50 bits per heavy atom. The van der Waals surface area contributed by atoms with E-state index in [0.29, 0.717) is 29.9 Å². The molecule has 1 heterocycles. The first kappa shape index (κ1) is 17.6. The Balaban J connectivity index is 2.84. The minimum absolute atomic E-state index is 0.339. The fraction of sp³-hybridized carbons (Fsp3) is 0.714. The van der Waals surface area contributed by atoms with E-state index in [0.717, 1.165) is 11.3 Å². The molecule has 116 valence electrons. The molecule has 0 radical (unpaired) electrons. The quantitative estimate of drug-likeness (QED) is 0.802. The predicted molar refractivity (Wildman–Crippen MR) is 85.6 cm³/mol. The molecule has 0 spiro atoms. The van der Waals surface area contributed by atoms with Crippen molar-refractivity contribution in [3.63, 3.8) is 0 Å². The van der Waals surface area contributed by atoms with Crippen molar-refractivity contribution in [2.75, 3.05) is 13.6 Å². The maximum atomic E-state index is 12.6. The zero-order valence-corrected chi connectivity index (χ0v) is 14.6. The molecule has 20 heavy (non-hydrogen) atoms. The van der Waals surface area contributed by atoms with Gasteiger partial charge < -0.3 is 5.32 Å². The van der Waals surface area contributed by atoms with E-state index in [4.69, 9.17) is 0 Å². The van der Waals surface area contributed by atoms with Gasteiger partial charge >= 0.3 is 0 Å². The summed E-state index contributed by atoms with van der Waals surface area (Å²) in [6.07, 6.45) is 0.874. The van der Waals surface area contributed by atoms with Gasteiger partial charge in [0.2, 0.25) is 10.0 Å². The van der Waals surface area contributed by atoms with Gasteiger partial charge in [-0.2, -0.15) is 0 Å². The van der Waals surface area contributed by atoms with Gasteiger partial charge in [-0.25, -0.2) is 12.7 Å². The van der Waals surface area contributed by atoms with Crippen molar-refractivity contribution in [2.45, 2.75) is 51.6 Å². The molecular formula is C14H26N2O2S2. The van der Waals surface area contributed by atoms with Crippen molar-refractivity contribution < 1.29 is 8.42 Å². The van der Waals surface area contributed by atoms with Crippen molar-refractivity contribution in [3.05, 3.63) is 16.3 Å². The lowest BCUT2D eigenvalue weighted by Crippen LogP contribution is -2.30. The summed E-state index contributed by atoms with van der Waals surface area (Å²) in [6, 6.07) is 2.05. The van der Waals surface area contributed by atoms with Crippen LogP contribution in [0.5, 0.6) is 0 Å². The molecule has 0 fully saturated rings. The first-order valence-corrected chi connectivity index (χ1v) is 9.33. The Bertz CT molecular complexity index is 507. The van der Waals surface area contributed by atoms with Crippen LogP contribution < -0.4 is 5.32 Å². The molecule has 0 saturated carbocycles. The van der Waals surface area contributed by atoms with E-state index in [1.165, 1.54) is 15.6 Å². The van der Waals surface area contributed by atoms with Gasteiger partial charge in [-0.1, -0.05) is 27.7 Å². The van der Waals surface area contributed by atoms with Crippen LogP contribution in [0.25, 0.3) is 0 Å². The van der Waals surface area contributed by atoms with E-state index in [9.17, 15) is 8.42 Å². The summed E-state index contributed by atoms with van der Waals surface area (Å²) >= 11 is 1.49. The van der Waals surface area contributed by atoms with Gasteiger partial charge in [0.25, 0.3) is 0 Å². The van der Waals surface area contributed by atoms with Gasteiger partial charge in [0, 0.05) is 31.1 Å². The number of rotatable bonds is 8. The molecule has 0 unspecified atom stereocenters. The van der Waals surface area contributed by atoms with Crippen LogP contribution in [0.4, 0.5) is 0 Å². The Labute approximate surface area is 127 Å². The van der Waals surface area contributed by atoms with Crippen LogP contribution in [0, 0.1) is 5.92 Å². The van der Waals surface area contributed by atoms with E-state index < -0.39 is 10.0 Å². The van der Waals surface area contributed by atoms with Crippen molar-refractivity contribution >= 4 is 21.4 Å². The van der Waals surface area contributed by atoms with Gasteiger partial charge in [0.05, 0.1) is 4.90 Å². The minimum Gasteiger partial charge on any atom is -0.310 e. The van der Waals surface area contributed by atoms with Crippen molar-refractivity contribution in [1.82, 2.24) is 9.62 Å². The van der Waals surface area contributed by atoms with Crippen molar-refractivity contribution in [3.8, 4) is 0 Å². The van der Waals surface area contributed by atoms with E-state index in [1.54, 1.807) is 13.1 Å². The lowest BCUT2D eigenvalue weighted by molar-refractivity contribution is 0.427. The zero-order valence-electron chi connectivity index (χ0n) is 13.0. The number of hydrogen-bond donors (Lipinski definition) is 1. The van der Waals surface area contributed by atoms with E-state index in [2.05, 4.69) is 33.0 Å². The molecule has 0 atom stereocenters. The van der Waals surface area contributed by atoms with Crippen molar-refractivity contribution in [2.24, 2.45) is 5.92 Å². The molecule has 0 aliphatic heterocycles. The molecule has 1 aromatic heterocycles. The summed E-state index contributed by atoms with van der Waals surface area (Å²) in [5.41, 5.74) is 0. The average molecular weight is 319 g/mol. The lowest BCUT2D eigenvalue weighted by atomic mass is 10.1. The molecule has 1 rings (SSSR count). The molecule has 4 nitrogen and oxygen atoms in total. The fourth-order valence-electron chi connectivity index (χ4n) is 1.71. The Morgan fingerprint density at radius 2 is 1.95 bits per heavy atom. The SMILES string of the molecule is CC(C)CCN(C)S(=O)(=O)c1ccsc1CNC(C)C. The standard InChI is InChI=1S/C14H26N2O2S2/c1-11(2)6-8-16(5)20(17,18)14-7-9-19-13(14)10-15-12(3)4/h7,9,11-12,15H,6,8,10H2,1-5H3. The molecule has 6 heteroatoms. The van der Waals surface area contributed by atoms with E-state index >= 15 is 0 Å². The van der Waals surface area contributed by atoms with Crippen LogP contribution in [0.2, 0.25) is 0 Å². The fourth-order valence-corrected chi connectivity index (χ4v) is 4.26. The highest BCUT2D eigenvalue weighted by Crippen LogP contribution is 2.25. The third-order valence-corrected chi connectivity index (χ3v) is 6.08. The number of sulfonamides is 1. The zero-order chi connectivity index (χ0) is 15.3. The van der Waals surface area contributed by atoms with Gasteiger partial charge in [-0.05, 0) is 23.8 Å². The molecule has 0 aliphatic rings. The average Bonchev–Trinajstić information content (AvgIpc) is 2.82. The predicted octanol–water partition coefficient (Wildman–Crippen LogP) is 2.91. The van der Waals surface area contributed by atoms with Crippen LogP contribution in [0.3, 0.4) is 0 Å². The molecular weight excluding hydrogens is 292 g/mol. The molecule has 1 N–H and O–H groups in total. The summed E-state index contributed by atoms with van der Waals surface area (Å²) in [6.45, 7) is 9.47. The second-order valence-electron chi connectivity index (χ2n) is 5.75. The first-order chi connectivity index (χ1) is 9.25. The monoisotopic (exact) mass is 318 g/mol. The highest BCUT2D eigenvalue weighted by Gasteiger charge is 2.24. The molecule has 0 amide bonds. The second-order valence-corrected chi connectivity index (χ2v) is 8.77. The maximum Gasteiger partial charge on any atom is 0.243 e. The number of thiophene rings is 1. The first-order valence-electron chi connectivity index (χ1n) is 7.01. The van der Waals surface area contributed by atoms with E-state index in [-0.39, 0.29) is 0 Å². The van der Waals surface area contributed by atoms with Gasteiger partial charge in [0.1, 0.15) is 0 Å². The van der Waals surface area contributed by atoms with Crippen LogP contribution in [-0.2, 0) is 16.6 Å². The summed E-state index contributed by atoms with van der Waals surface area (Å²) in [7, 11) is -1.70. The third kappa shape index (κ3) is 4.84. The normalized spacial score (nSPS) is 12.8. The van der Waals surface area contributed by atoms with Crippen LogP contribution >= 0.6 is 11.3 Å². The summed E-state index contributed by atoms with van der Waals surface area (Å²) < 4.78 is 26.6. The second kappa shape index (κ2) is 7.54. The lowest BCUT2D eigenvalue weighted by Gasteiger charge is -2.19. The Kier molecular flexibility index (Phi) is 6.64. The van der Waals surface area contributed by atoms with Crippen LogP contribution in [-0.4, -0.2) is 32.4 Å². The number of hydrogen-bond acceptors (Lipinski definition) is 4. The smallest absolute Gasteiger partial charge is 0.243 e. The molecule has 0 bridgehead atoms. The summed E-state index contributed by atoms with van der Waals surface area (Å²) in [5.74, 6) is 0.497. The maximum absolute atomic E-state index is 12.6. The minimum atomic E-state index is -3.37. The molecule has 0 aromatic carbocycles.